The standard InChI is InChI=1S/C3H7.S2.W/c1-3-2;1-2;/h1,3H2,2H3;;/q-1;-2;. The van der Waals surface area contributed by atoms with Crippen LogP contribution in [0.25, 0.3) is 0 Å². The van der Waals surface area contributed by atoms with Crippen molar-refractivity contribution < 1.29 is 21.1 Å². The van der Waals surface area contributed by atoms with Gasteiger partial charge in [0, 0.05) is 21.1 Å². The van der Waals surface area contributed by atoms with Gasteiger partial charge in [0.15, 0.2) is 0 Å². The third-order valence-electron chi connectivity index (χ3n) is 0. The van der Waals surface area contributed by atoms with E-state index in [-0.39, 0.29) is 21.1 Å². The smallest absolute Gasteiger partial charge is 0 e. The van der Waals surface area contributed by atoms with Crippen LogP contribution in [0.3, 0.4) is 0 Å². The Bertz CT molecular complexity index is 8.75. The van der Waals surface area contributed by atoms with Crippen molar-refractivity contribution in [3.05, 3.63) is 6.92 Å². The van der Waals surface area contributed by atoms with Crippen molar-refractivity contribution in [3.8, 4) is 0 Å². The molecule has 0 aliphatic carbocycles. The summed E-state index contributed by atoms with van der Waals surface area (Å²) in [5.74, 6) is 0. The normalized spacial score (nSPS) is 4.00. The van der Waals surface area contributed by atoms with Crippen LogP contribution < -0.4 is 0 Å². The first-order chi connectivity index (χ1) is 2.41. The van der Waals surface area contributed by atoms with Crippen LogP contribution in [0.15, 0.2) is 0 Å². The fourth-order valence-corrected chi connectivity index (χ4v) is 0. The monoisotopic (exact) mass is 291 g/mol. The summed E-state index contributed by atoms with van der Waals surface area (Å²) in [4.78, 5) is 0. The summed E-state index contributed by atoms with van der Waals surface area (Å²) in [6.45, 7) is 5.50. The molecule has 0 aromatic rings. The molecule has 0 saturated carbocycles. The van der Waals surface area contributed by atoms with E-state index in [4.69, 9.17) is 0 Å². The van der Waals surface area contributed by atoms with E-state index in [2.05, 4.69) is 30.2 Å². The molecule has 6 heavy (non-hydrogen) atoms. The first-order valence-electron chi connectivity index (χ1n) is 1.37. The predicted molar refractivity (Wildman–Crippen MR) is 30.4 cm³/mol. The van der Waals surface area contributed by atoms with Crippen LogP contribution in [0.1, 0.15) is 13.3 Å². The second-order valence-corrected chi connectivity index (χ2v) is 0.500. The minimum Gasteiger partial charge on any atom is -1.00 e. The van der Waals surface area contributed by atoms with Gasteiger partial charge in [0.05, 0.1) is 0 Å². The van der Waals surface area contributed by atoms with E-state index in [1.807, 2.05) is 6.92 Å². The van der Waals surface area contributed by atoms with Crippen molar-refractivity contribution >= 4 is 23.3 Å². The van der Waals surface area contributed by atoms with Crippen molar-refractivity contribution in [1.82, 2.24) is 0 Å². The molecule has 0 rings (SSSR count). The van der Waals surface area contributed by atoms with Gasteiger partial charge >= 0.3 is 0 Å². The molecule has 0 aliphatic rings. The van der Waals surface area contributed by atoms with Gasteiger partial charge in [-0.2, -0.15) is 6.42 Å². The van der Waals surface area contributed by atoms with Crippen LogP contribution in [-0.2, 0) is 44.4 Å². The molecule has 0 aliphatic heterocycles. The molecule has 0 heterocycles. The van der Waals surface area contributed by atoms with E-state index in [0.29, 0.717) is 0 Å². The molecular formula is C3H7S2W-3. The van der Waals surface area contributed by atoms with Crippen LogP contribution in [0.4, 0.5) is 0 Å². The molecule has 0 saturated heterocycles. The molecule has 0 nitrogen and oxygen atoms in total. The maximum atomic E-state index is 3.67. The van der Waals surface area contributed by atoms with Crippen LogP contribution in [0, 0.1) is 6.92 Å². The van der Waals surface area contributed by atoms with Crippen molar-refractivity contribution in [1.29, 1.82) is 0 Å². The molecule has 0 bridgehead atoms. The molecule has 0 aromatic carbocycles. The summed E-state index contributed by atoms with van der Waals surface area (Å²) >= 11 is 7.33. The van der Waals surface area contributed by atoms with Gasteiger partial charge in [-0.15, -0.1) is 0 Å². The molecule has 40 valence electrons. The summed E-state index contributed by atoms with van der Waals surface area (Å²) in [7, 11) is 0. The van der Waals surface area contributed by atoms with E-state index >= 15 is 0 Å². The van der Waals surface area contributed by atoms with Gasteiger partial charge in [0.2, 0.25) is 0 Å². The fourth-order valence-electron chi connectivity index (χ4n) is 0. The molecule has 0 spiro atoms. The third-order valence-corrected chi connectivity index (χ3v) is 0. The largest absolute Gasteiger partial charge is 1.00 e. The Kier molecular flexibility index (Phi) is 84.9. The minimum atomic E-state index is 0. The average molecular weight is 291 g/mol. The van der Waals surface area contributed by atoms with Crippen molar-refractivity contribution in [2.45, 2.75) is 13.3 Å². The average Bonchev–Trinajstić information content (AvgIpc) is 1.46. The maximum Gasteiger partial charge on any atom is 0 e. The SMILES string of the molecule is [CH2-]CC.[S-][S-].[W]. The summed E-state index contributed by atoms with van der Waals surface area (Å²) in [5, 5.41) is 0. The summed E-state index contributed by atoms with van der Waals surface area (Å²) in [6.07, 6.45) is 1.00. The quantitative estimate of drug-likeness (QED) is 0.374. The van der Waals surface area contributed by atoms with Gasteiger partial charge in [0.25, 0.3) is 0 Å². The zero-order valence-electron chi connectivity index (χ0n) is 3.64. The molecular weight excluding hydrogens is 284 g/mol. The number of rotatable bonds is 0. The zero-order chi connectivity index (χ0) is 4.71. The van der Waals surface area contributed by atoms with Gasteiger partial charge < -0.3 is 30.2 Å². The van der Waals surface area contributed by atoms with Gasteiger partial charge in [-0.3, -0.25) is 0 Å². The van der Waals surface area contributed by atoms with E-state index in [1.165, 1.54) is 0 Å². The topological polar surface area (TPSA) is 0 Å². The van der Waals surface area contributed by atoms with Crippen molar-refractivity contribution in [2.75, 3.05) is 0 Å². The Hall–Kier alpha value is 1.39. The minimum absolute atomic E-state index is 0. The predicted octanol–water partition coefficient (Wildman–Crippen LogP) is 1.22. The second kappa shape index (κ2) is 32.5. The van der Waals surface area contributed by atoms with Crippen LogP contribution in [0.2, 0.25) is 0 Å². The first kappa shape index (κ1) is 15.7. The molecule has 0 N–H and O–H groups in total. The van der Waals surface area contributed by atoms with Crippen LogP contribution in [0.5, 0.6) is 0 Å². The third kappa shape index (κ3) is 53.8. The Morgan fingerprint density at radius 1 is 1.50 bits per heavy atom. The molecule has 0 atom stereocenters. The molecule has 0 radical (unpaired) electrons. The van der Waals surface area contributed by atoms with E-state index in [9.17, 15) is 0 Å². The molecule has 3 heteroatoms. The van der Waals surface area contributed by atoms with Crippen molar-refractivity contribution in [2.24, 2.45) is 0 Å². The Morgan fingerprint density at radius 2 is 1.50 bits per heavy atom. The fraction of sp³-hybridized carbons (Fsp3) is 0.667. The van der Waals surface area contributed by atoms with Crippen LogP contribution >= 0.6 is 0 Å². The Balaban J connectivity index is -0.0000000275. The van der Waals surface area contributed by atoms with Crippen molar-refractivity contribution in [3.63, 3.8) is 0 Å². The van der Waals surface area contributed by atoms with Gasteiger partial charge in [-0.1, -0.05) is 6.92 Å². The van der Waals surface area contributed by atoms with E-state index < -0.39 is 0 Å². The summed E-state index contributed by atoms with van der Waals surface area (Å²) in [5.41, 5.74) is 0. The Morgan fingerprint density at radius 3 is 1.50 bits per heavy atom. The molecule has 0 aromatic heterocycles. The van der Waals surface area contributed by atoms with Crippen LogP contribution in [-0.4, -0.2) is 0 Å². The second-order valence-electron chi connectivity index (χ2n) is 0.500. The Labute approximate surface area is 64.6 Å². The summed E-state index contributed by atoms with van der Waals surface area (Å²) in [6, 6.07) is 0. The van der Waals surface area contributed by atoms with E-state index in [1.54, 1.807) is 0 Å². The number of hydrogen-bond acceptors (Lipinski definition) is 2. The molecule has 0 amide bonds. The van der Waals surface area contributed by atoms with Gasteiger partial charge in [-0.25, -0.2) is 0 Å². The van der Waals surface area contributed by atoms with Gasteiger partial charge in [0.1, 0.15) is 0 Å². The maximum absolute atomic E-state index is 3.67. The summed E-state index contributed by atoms with van der Waals surface area (Å²) < 4.78 is 0. The first-order valence-corrected chi connectivity index (χ1v) is 2.71. The van der Waals surface area contributed by atoms with Gasteiger partial charge in [-0.05, 0) is 0 Å². The van der Waals surface area contributed by atoms with E-state index in [0.717, 1.165) is 6.42 Å². The molecule has 0 unspecified atom stereocenters. The molecule has 0 fully saturated rings. The number of hydrogen-bond donors (Lipinski definition) is 0. The zero-order valence-corrected chi connectivity index (χ0v) is 8.21.